The van der Waals surface area contributed by atoms with E-state index >= 15 is 0 Å². The first kappa shape index (κ1) is 19.8. The summed E-state index contributed by atoms with van der Waals surface area (Å²) in [6.45, 7) is 0. The highest BCUT2D eigenvalue weighted by Crippen LogP contribution is 3.02. The molecule has 148 valence electrons. The van der Waals surface area contributed by atoms with Crippen molar-refractivity contribution >= 4 is 33.5 Å². The van der Waals surface area contributed by atoms with Crippen molar-refractivity contribution in [2.75, 3.05) is 12.4 Å². The third-order valence-electron chi connectivity index (χ3n) is 4.49. The van der Waals surface area contributed by atoms with Crippen LogP contribution < -0.4 is 5.32 Å². The number of benzene rings is 2. The number of carbonyl (C=O) groups is 1. The van der Waals surface area contributed by atoms with E-state index in [-0.39, 0.29) is 23.9 Å². The highest BCUT2D eigenvalue weighted by molar-refractivity contribution is 8.45. The normalized spacial score (nSPS) is 19.0. The van der Waals surface area contributed by atoms with E-state index in [2.05, 4.69) is 5.32 Å². The standard InChI is InChI=1S/C17H16ClF5N2OS/c1-25(16-9-2-11-10-12(18)3-8-15(11)16)17(26)24-13-4-6-14(7-5-13)27(19,20,21,22)23/h3-8,10,16H,2,9H2,1H3,(H,24,26)/t16-/m0/s1. The topological polar surface area (TPSA) is 32.3 Å². The molecule has 0 saturated carbocycles. The van der Waals surface area contributed by atoms with Gasteiger partial charge in [0.1, 0.15) is 4.90 Å². The average Bonchev–Trinajstić information content (AvgIpc) is 2.95. The molecule has 0 heterocycles. The highest BCUT2D eigenvalue weighted by atomic mass is 35.5. The predicted octanol–water partition coefficient (Wildman–Crippen LogP) is 7.15. The Morgan fingerprint density at radius 3 is 2.33 bits per heavy atom. The van der Waals surface area contributed by atoms with Gasteiger partial charge in [0.05, 0.1) is 6.04 Å². The Morgan fingerprint density at radius 2 is 1.74 bits per heavy atom. The molecule has 0 unspecified atom stereocenters. The third-order valence-corrected chi connectivity index (χ3v) is 5.89. The number of fused-ring (bicyclic) bond motifs is 1. The van der Waals surface area contributed by atoms with Gasteiger partial charge in [-0.15, -0.1) is 0 Å². The number of urea groups is 1. The van der Waals surface area contributed by atoms with Crippen LogP contribution in [0.2, 0.25) is 5.02 Å². The van der Waals surface area contributed by atoms with Crippen LogP contribution in [-0.4, -0.2) is 18.0 Å². The third kappa shape index (κ3) is 4.30. The Hall–Kier alpha value is -2.00. The first-order chi connectivity index (χ1) is 12.2. The zero-order valence-corrected chi connectivity index (χ0v) is 15.6. The van der Waals surface area contributed by atoms with Gasteiger partial charge in [0.15, 0.2) is 0 Å². The van der Waals surface area contributed by atoms with Crippen molar-refractivity contribution in [3.8, 4) is 0 Å². The smallest absolute Gasteiger partial charge is 0.321 e. The van der Waals surface area contributed by atoms with Crippen LogP contribution >= 0.6 is 21.8 Å². The Morgan fingerprint density at radius 1 is 1.11 bits per heavy atom. The second-order valence-electron chi connectivity index (χ2n) is 6.43. The maximum absolute atomic E-state index is 12.7. The van der Waals surface area contributed by atoms with E-state index in [9.17, 15) is 24.2 Å². The summed E-state index contributed by atoms with van der Waals surface area (Å²) in [4.78, 5) is 11.8. The van der Waals surface area contributed by atoms with E-state index in [1.165, 1.54) is 4.90 Å². The number of aryl methyl sites for hydroxylation is 1. The molecule has 0 saturated heterocycles. The molecule has 3 rings (SSSR count). The summed E-state index contributed by atoms with van der Waals surface area (Å²) >= 11 is 5.96. The lowest BCUT2D eigenvalue weighted by Gasteiger charge is -2.40. The molecule has 0 aliphatic heterocycles. The van der Waals surface area contributed by atoms with Crippen molar-refractivity contribution in [2.24, 2.45) is 0 Å². The summed E-state index contributed by atoms with van der Waals surface area (Å²) in [5.41, 5.74) is 1.98. The van der Waals surface area contributed by atoms with Crippen LogP contribution in [0.25, 0.3) is 0 Å². The molecule has 27 heavy (non-hydrogen) atoms. The molecule has 0 fully saturated rings. The fourth-order valence-electron chi connectivity index (χ4n) is 3.11. The van der Waals surface area contributed by atoms with Crippen LogP contribution in [0.3, 0.4) is 0 Å². The van der Waals surface area contributed by atoms with Crippen molar-refractivity contribution in [1.82, 2.24) is 4.90 Å². The first-order valence-corrected chi connectivity index (χ1v) is 10.2. The number of nitrogens with one attached hydrogen (secondary N) is 1. The lowest BCUT2D eigenvalue weighted by Crippen LogP contribution is -2.34. The van der Waals surface area contributed by atoms with Crippen molar-refractivity contribution in [3.05, 3.63) is 58.6 Å². The quantitative estimate of drug-likeness (QED) is 0.519. The molecule has 2 aromatic rings. The molecule has 1 N–H and O–H groups in total. The molecule has 2 aromatic carbocycles. The molecular weight excluding hydrogens is 411 g/mol. The van der Waals surface area contributed by atoms with Crippen LogP contribution in [0.1, 0.15) is 23.6 Å². The summed E-state index contributed by atoms with van der Waals surface area (Å²) in [6.07, 6.45) is 1.43. The molecular formula is C17H16ClF5N2OS. The van der Waals surface area contributed by atoms with Crippen LogP contribution in [0, 0.1) is 0 Å². The molecule has 1 atom stereocenters. The SMILES string of the molecule is CN(C(=O)Nc1ccc(S(F)(F)(F)(F)F)cc1)[C@H]1CCc2cc(Cl)ccc21. The fourth-order valence-corrected chi connectivity index (χ4v) is 3.96. The second kappa shape index (κ2) is 5.75. The summed E-state index contributed by atoms with van der Waals surface area (Å²) < 4.78 is 63.7. The molecule has 10 heteroatoms. The lowest BCUT2D eigenvalue weighted by molar-refractivity contribution is 0.204. The van der Waals surface area contributed by atoms with E-state index in [1.54, 1.807) is 13.1 Å². The second-order valence-corrected chi connectivity index (χ2v) is 9.28. The molecule has 0 aromatic heterocycles. The molecule has 0 radical (unpaired) electrons. The fraction of sp³-hybridized carbons (Fsp3) is 0.235. The Labute approximate surface area is 157 Å². The van der Waals surface area contributed by atoms with Crippen LogP contribution in [0.15, 0.2) is 47.4 Å². The number of carbonyl (C=O) groups excluding carboxylic acids is 1. The number of hydrogen-bond acceptors (Lipinski definition) is 1. The first-order valence-electron chi connectivity index (χ1n) is 7.91. The summed E-state index contributed by atoms with van der Waals surface area (Å²) in [6, 6.07) is 6.79. The molecule has 1 aliphatic carbocycles. The minimum atomic E-state index is -9.73. The largest absolute Gasteiger partial charge is 0.322 e. The number of amides is 2. The average molecular weight is 427 g/mol. The molecule has 1 aliphatic rings. The molecule has 0 spiro atoms. The maximum atomic E-state index is 12.7. The van der Waals surface area contributed by atoms with Gasteiger partial charge in [-0.25, -0.2) is 4.79 Å². The summed E-state index contributed by atoms with van der Waals surface area (Å²) in [5, 5.41) is 3.03. The van der Waals surface area contributed by atoms with Crippen molar-refractivity contribution < 1.29 is 24.2 Å². The van der Waals surface area contributed by atoms with E-state index in [0.29, 0.717) is 11.4 Å². The molecule has 2 amide bonds. The van der Waals surface area contributed by atoms with E-state index in [4.69, 9.17) is 11.6 Å². The van der Waals surface area contributed by atoms with E-state index < -0.39 is 21.2 Å². The number of rotatable bonds is 3. The Bertz CT molecular complexity index is 903. The summed E-state index contributed by atoms with van der Waals surface area (Å²) in [7, 11) is -8.16. The minimum absolute atomic E-state index is 0.00761. The van der Waals surface area contributed by atoms with Gasteiger partial charge in [0.25, 0.3) is 0 Å². The van der Waals surface area contributed by atoms with Crippen molar-refractivity contribution in [2.45, 2.75) is 23.8 Å². The Balaban J connectivity index is 1.73. The van der Waals surface area contributed by atoms with E-state index in [0.717, 1.165) is 29.7 Å². The van der Waals surface area contributed by atoms with Crippen LogP contribution in [0.5, 0.6) is 0 Å². The number of anilines is 1. The van der Waals surface area contributed by atoms with Crippen molar-refractivity contribution in [3.63, 3.8) is 0 Å². The molecule has 0 bridgehead atoms. The number of halogens is 6. The van der Waals surface area contributed by atoms with Gasteiger partial charge in [-0.2, -0.15) is 0 Å². The predicted molar refractivity (Wildman–Crippen MR) is 97.1 cm³/mol. The Kier molecular flexibility index (Phi) is 4.20. The van der Waals surface area contributed by atoms with Gasteiger partial charge >= 0.3 is 16.3 Å². The number of nitrogens with zero attached hydrogens (tertiary/aromatic N) is 1. The van der Waals surface area contributed by atoms with Crippen LogP contribution in [-0.2, 0) is 6.42 Å². The minimum Gasteiger partial charge on any atom is -0.321 e. The van der Waals surface area contributed by atoms with Gasteiger partial charge < -0.3 is 10.2 Å². The van der Waals surface area contributed by atoms with Gasteiger partial charge in [-0.1, -0.05) is 37.1 Å². The maximum Gasteiger partial charge on any atom is 0.322 e. The number of hydrogen-bond donors (Lipinski definition) is 1. The summed E-state index contributed by atoms with van der Waals surface area (Å²) in [5.74, 6) is 0. The van der Waals surface area contributed by atoms with Crippen LogP contribution in [0.4, 0.5) is 29.9 Å². The van der Waals surface area contributed by atoms with Crippen molar-refractivity contribution in [1.29, 1.82) is 0 Å². The van der Waals surface area contributed by atoms with Gasteiger partial charge in [0.2, 0.25) is 0 Å². The zero-order chi connectivity index (χ0) is 20.1. The monoisotopic (exact) mass is 426 g/mol. The molecule has 3 nitrogen and oxygen atoms in total. The van der Waals surface area contributed by atoms with Gasteiger partial charge in [-0.05, 0) is 60.4 Å². The highest BCUT2D eigenvalue weighted by Gasteiger charge is 2.65. The van der Waals surface area contributed by atoms with E-state index in [1.807, 2.05) is 12.1 Å². The van der Waals surface area contributed by atoms with Gasteiger partial charge in [0, 0.05) is 17.8 Å². The zero-order valence-electron chi connectivity index (χ0n) is 14.1. The van der Waals surface area contributed by atoms with Gasteiger partial charge in [-0.3, -0.25) is 0 Å². The lowest BCUT2D eigenvalue weighted by atomic mass is 10.1.